The molecule has 2 N–H and O–H groups in total. The maximum absolute atomic E-state index is 12.7. The van der Waals surface area contributed by atoms with Gasteiger partial charge in [0.2, 0.25) is 0 Å². The minimum absolute atomic E-state index is 0.192. The van der Waals surface area contributed by atoms with Gasteiger partial charge in [-0.3, -0.25) is 9.71 Å². The van der Waals surface area contributed by atoms with Gasteiger partial charge >= 0.3 is 0 Å². The predicted octanol–water partition coefficient (Wildman–Crippen LogP) is 2.12. The molecule has 0 radical (unpaired) electrons. The second-order valence-electron chi connectivity index (χ2n) is 4.79. The highest BCUT2D eigenvalue weighted by atomic mass is 32.2. The third kappa shape index (κ3) is 3.08. The van der Waals surface area contributed by atoms with Crippen molar-refractivity contribution in [3.05, 3.63) is 41.1 Å². The standard InChI is InChI=1S/C14H19N3O3S/c1-9-13(6-5-7-16-9)17-21(18,19)14-11(3)20-10(2)12(14)8-15-4/h5-7,15,17H,8H2,1-4H3. The van der Waals surface area contributed by atoms with Crippen molar-refractivity contribution in [2.24, 2.45) is 0 Å². The first kappa shape index (κ1) is 15.5. The van der Waals surface area contributed by atoms with Crippen LogP contribution in [0.1, 0.15) is 22.8 Å². The molecule has 7 heteroatoms. The molecule has 2 aromatic rings. The fraction of sp³-hybridized carbons (Fsp3) is 0.357. The molecule has 0 atom stereocenters. The zero-order valence-electron chi connectivity index (χ0n) is 12.5. The molecule has 6 nitrogen and oxygen atoms in total. The van der Waals surface area contributed by atoms with Gasteiger partial charge in [-0.1, -0.05) is 0 Å². The Balaban J connectivity index is 2.48. The van der Waals surface area contributed by atoms with E-state index in [-0.39, 0.29) is 4.90 Å². The lowest BCUT2D eigenvalue weighted by Gasteiger charge is -2.11. The molecule has 114 valence electrons. The van der Waals surface area contributed by atoms with Crippen LogP contribution < -0.4 is 10.0 Å². The second kappa shape index (κ2) is 5.87. The summed E-state index contributed by atoms with van der Waals surface area (Å²) < 4.78 is 33.4. The fourth-order valence-corrected chi connectivity index (χ4v) is 3.80. The summed E-state index contributed by atoms with van der Waals surface area (Å²) in [6, 6.07) is 3.37. The van der Waals surface area contributed by atoms with Crippen LogP contribution in [0.15, 0.2) is 27.6 Å². The van der Waals surface area contributed by atoms with Gasteiger partial charge in [0.25, 0.3) is 10.0 Å². The smallest absolute Gasteiger partial charge is 0.265 e. The van der Waals surface area contributed by atoms with E-state index in [4.69, 9.17) is 4.42 Å². The molecule has 0 aliphatic carbocycles. The van der Waals surface area contributed by atoms with Crippen LogP contribution in [0.2, 0.25) is 0 Å². The van der Waals surface area contributed by atoms with E-state index >= 15 is 0 Å². The minimum atomic E-state index is -3.72. The van der Waals surface area contributed by atoms with Crippen molar-refractivity contribution < 1.29 is 12.8 Å². The van der Waals surface area contributed by atoms with E-state index in [1.807, 2.05) is 0 Å². The van der Waals surface area contributed by atoms with E-state index in [1.165, 1.54) is 0 Å². The van der Waals surface area contributed by atoms with Crippen molar-refractivity contribution >= 4 is 15.7 Å². The van der Waals surface area contributed by atoms with Crippen LogP contribution in [0.5, 0.6) is 0 Å². The zero-order chi connectivity index (χ0) is 15.6. The Labute approximate surface area is 124 Å². The predicted molar refractivity (Wildman–Crippen MR) is 80.7 cm³/mol. The number of anilines is 1. The van der Waals surface area contributed by atoms with Crippen LogP contribution in [-0.4, -0.2) is 20.4 Å². The van der Waals surface area contributed by atoms with E-state index in [9.17, 15) is 8.42 Å². The van der Waals surface area contributed by atoms with Crippen LogP contribution in [0.3, 0.4) is 0 Å². The number of rotatable bonds is 5. The summed E-state index contributed by atoms with van der Waals surface area (Å²) in [4.78, 5) is 4.27. The third-order valence-electron chi connectivity index (χ3n) is 3.20. The molecule has 0 saturated carbocycles. The molecule has 0 aliphatic rings. The Bertz CT molecular complexity index is 751. The van der Waals surface area contributed by atoms with E-state index in [0.717, 1.165) is 0 Å². The van der Waals surface area contributed by atoms with Crippen LogP contribution in [0.4, 0.5) is 5.69 Å². The Morgan fingerprint density at radius 3 is 2.57 bits per heavy atom. The van der Waals surface area contributed by atoms with E-state index < -0.39 is 10.0 Å². The van der Waals surface area contributed by atoms with Crippen molar-refractivity contribution in [1.82, 2.24) is 10.3 Å². The quantitative estimate of drug-likeness (QED) is 0.884. The number of sulfonamides is 1. The topological polar surface area (TPSA) is 84.2 Å². The van der Waals surface area contributed by atoms with E-state index in [0.29, 0.717) is 35.0 Å². The average Bonchev–Trinajstić information content (AvgIpc) is 2.68. The third-order valence-corrected chi connectivity index (χ3v) is 4.76. The lowest BCUT2D eigenvalue weighted by atomic mass is 10.2. The lowest BCUT2D eigenvalue weighted by Crippen LogP contribution is -2.18. The molecule has 0 aromatic carbocycles. The molecule has 0 saturated heterocycles. The molecule has 0 unspecified atom stereocenters. The van der Waals surface area contributed by atoms with Crippen LogP contribution >= 0.6 is 0 Å². The zero-order valence-corrected chi connectivity index (χ0v) is 13.3. The second-order valence-corrected chi connectivity index (χ2v) is 6.41. The average molecular weight is 309 g/mol. The Morgan fingerprint density at radius 1 is 1.24 bits per heavy atom. The number of aromatic nitrogens is 1. The van der Waals surface area contributed by atoms with E-state index in [1.54, 1.807) is 46.1 Å². The maximum atomic E-state index is 12.7. The van der Waals surface area contributed by atoms with Gasteiger partial charge in [0.1, 0.15) is 16.4 Å². The van der Waals surface area contributed by atoms with Gasteiger partial charge in [-0.25, -0.2) is 8.42 Å². The number of furan rings is 1. The molecule has 2 rings (SSSR count). The van der Waals surface area contributed by atoms with Gasteiger partial charge in [-0.05, 0) is 40.0 Å². The summed E-state index contributed by atoms with van der Waals surface area (Å²) in [5.74, 6) is 0.983. The molecule has 21 heavy (non-hydrogen) atoms. The molecular formula is C14H19N3O3S. The fourth-order valence-electron chi connectivity index (χ4n) is 2.23. The number of pyridine rings is 1. The van der Waals surface area contributed by atoms with Crippen molar-refractivity contribution in [2.75, 3.05) is 11.8 Å². The molecular weight excluding hydrogens is 290 g/mol. The summed E-state index contributed by atoms with van der Waals surface area (Å²) in [7, 11) is -1.96. The van der Waals surface area contributed by atoms with Gasteiger partial charge in [-0.2, -0.15) is 0 Å². The highest BCUT2D eigenvalue weighted by Gasteiger charge is 2.27. The first-order valence-electron chi connectivity index (χ1n) is 6.54. The van der Waals surface area contributed by atoms with Gasteiger partial charge < -0.3 is 9.73 Å². The Morgan fingerprint density at radius 2 is 1.95 bits per heavy atom. The molecule has 0 bridgehead atoms. The largest absolute Gasteiger partial charge is 0.465 e. The number of aryl methyl sites for hydroxylation is 3. The summed E-state index contributed by atoms with van der Waals surface area (Å²) in [6.07, 6.45) is 1.62. The van der Waals surface area contributed by atoms with Gasteiger partial charge in [0.15, 0.2) is 0 Å². The number of nitrogens with zero attached hydrogens (tertiary/aromatic N) is 1. The summed E-state index contributed by atoms with van der Waals surface area (Å²) in [5.41, 5.74) is 1.73. The maximum Gasteiger partial charge on any atom is 0.265 e. The van der Waals surface area contributed by atoms with Crippen molar-refractivity contribution in [3.8, 4) is 0 Å². The SMILES string of the molecule is CNCc1c(C)oc(C)c1S(=O)(=O)Nc1cccnc1C. The number of hydrogen-bond acceptors (Lipinski definition) is 5. The van der Waals surface area contributed by atoms with E-state index in [2.05, 4.69) is 15.0 Å². The monoisotopic (exact) mass is 309 g/mol. The van der Waals surface area contributed by atoms with Gasteiger partial charge in [0.05, 0.1) is 11.4 Å². The van der Waals surface area contributed by atoms with Crippen LogP contribution in [-0.2, 0) is 16.6 Å². The number of nitrogens with one attached hydrogen (secondary N) is 2. The highest BCUT2D eigenvalue weighted by Crippen LogP contribution is 2.28. The molecule has 0 fully saturated rings. The van der Waals surface area contributed by atoms with Gasteiger partial charge in [-0.15, -0.1) is 0 Å². The first-order valence-corrected chi connectivity index (χ1v) is 8.03. The highest BCUT2D eigenvalue weighted by molar-refractivity contribution is 7.92. The van der Waals surface area contributed by atoms with Crippen molar-refractivity contribution in [2.45, 2.75) is 32.2 Å². The summed E-state index contributed by atoms with van der Waals surface area (Å²) >= 11 is 0. The lowest BCUT2D eigenvalue weighted by molar-refractivity contribution is 0.494. The molecule has 0 amide bonds. The van der Waals surface area contributed by atoms with Crippen LogP contribution in [0, 0.1) is 20.8 Å². The minimum Gasteiger partial charge on any atom is -0.465 e. The molecule has 2 aromatic heterocycles. The first-order chi connectivity index (χ1) is 9.86. The number of hydrogen-bond donors (Lipinski definition) is 2. The summed E-state index contributed by atoms with van der Waals surface area (Å²) in [6.45, 7) is 5.58. The summed E-state index contributed by atoms with van der Waals surface area (Å²) in [5, 5.41) is 2.96. The van der Waals surface area contributed by atoms with Crippen molar-refractivity contribution in [3.63, 3.8) is 0 Å². The Kier molecular flexibility index (Phi) is 4.34. The van der Waals surface area contributed by atoms with Gasteiger partial charge in [0, 0.05) is 18.3 Å². The van der Waals surface area contributed by atoms with Crippen LogP contribution in [0.25, 0.3) is 0 Å². The molecule has 0 spiro atoms. The molecule has 0 aliphatic heterocycles. The Hall–Kier alpha value is -1.86. The molecule has 2 heterocycles. The normalized spacial score (nSPS) is 11.6. The van der Waals surface area contributed by atoms with Crippen molar-refractivity contribution in [1.29, 1.82) is 0 Å².